The third-order valence-electron chi connectivity index (χ3n) is 3.24. The van der Waals surface area contributed by atoms with Crippen LogP contribution in [-0.2, 0) is 6.42 Å². The topological polar surface area (TPSA) is 12.0 Å². The molecule has 0 atom stereocenters. The van der Waals surface area contributed by atoms with Crippen LogP contribution in [0.4, 0.5) is 4.39 Å². The molecular weight excluding hydrogens is 189 g/mol. The highest BCUT2D eigenvalue weighted by Crippen LogP contribution is 2.19. The van der Waals surface area contributed by atoms with E-state index >= 15 is 0 Å². The molecule has 2 heteroatoms. The second-order valence-electron chi connectivity index (χ2n) is 4.32. The second kappa shape index (κ2) is 5.26. The fourth-order valence-electron chi connectivity index (χ4n) is 2.23. The maximum atomic E-state index is 13.3. The minimum atomic E-state index is -0.0496. The summed E-state index contributed by atoms with van der Waals surface area (Å²) >= 11 is 0. The summed E-state index contributed by atoms with van der Waals surface area (Å²) in [5, 5.41) is 3.35. The van der Waals surface area contributed by atoms with E-state index in [4.69, 9.17) is 0 Å². The number of nitrogens with one attached hydrogen (secondary N) is 1. The average Bonchev–Trinajstić information content (AvgIpc) is 2.29. The van der Waals surface area contributed by atoms with Gasteiger partial charge >= 0.3 is 0 Å². The standard InChI is InChI=1S/C13H18FN/c14-13-4-2-1-3-12(13)6-5-11-7-9-15-10-8-11/h1-4,11,15H,5-10H2. The molecule has 1 aliphatic heterocycles. The molecular formula is C13H18FN. The molecule has 0 saturated carbocycles. The Kier molecular flexibility index (Phi) is 3.73. The van der Waals surface area contributed by atoms with Gasteiger partial charge in [-0.3, -0.25) is 0 Å². The summed E-state index contributed by atoms with van der Waals surface area (Å²) in [6.45, 7) is 2.25. The number of rotatable bonds is 3. The van der Waals surface area contributed by atoms with Crippen LogP contribution in [0.25, 0.3) is 0 Å². The molecule has 0 radical (unpaired) electrons. The van der Waals surface area contributed by atoms with Gasteiger partial charge in [0.1, 0.15) is 5.82 Å². The number of aryl methyl sites for hydroxylation is 1. The number of hydrogen-bond donors (Lipinski definition) is 1. The molecule has 1 aromatic carbocycles. The van der Waals surface area contributed by atoms with Crippen LogP contribution >= 0.6 is 0 Å². The zero-order valence-electron chi connectivity index (χ0n) is 9.01. The van der Waals surface area contributed by atoms with Gasteiger partial charge in [0.25, 0.3) is 0 Å². The van der Waals surface area contributed by atoms with Gasteiger partial charge in [0.2, 0.25) is 0 Å². The van der Waals surface area contributed by atoms with E-state index in [1.807, 2.05) is 12.1 Å². The first-order valence-electron chi connectivity index (χ1n) is 5.80. The van der Waals surface area contributed by atoms with Gasteiger partial charge in [0.05, 0.1) is 0 Å². The molecule has 0 aliphatic carbocycles. The highest BCUT2D eigenvalue weighted by atomic mass is 19.1. The van der Waals surface area contributed by atoms with Gasteiger partial charge in [0.15, 0.2) is 0 Å². The van der Waals surface area contributed by atoms with Crippen molar-refractivity contribution >= 4 is 0 Å². The highest BCUT2D eigenvalue weighted by Gasteiger charge is 2.13. The van der Waals surface area contributed by atoms with Crippen LogP contribution in [0.5, 0.6) is 0 Å². The average molecular weight is 207 g/mol. The van der Waals surface area contributed by atoms with Crippen molar-refractivity contribution in [2.75, 3.05) is 13.1 Å². The molecule has 1 aromatic rings. The van der Waals surface area contributed by atoms with Crippen molar-refractivity contribution in [3.63, 3.8) is 0 Å². The second-order valence-corrected chi connectivity index (χ2v) is 4.32. The van der Waals surface area contributed by atoms with Crippen molar-refractivity contribution in [1.82, 2.24) is 5.32 Å². The lowest BCUT2D eigenvalue weighted by atomic mass is 9.91. The summed E-state index contributed by atoms with van der Waals surface area (Å²) in [5.41, 5.74) is 0.871. The van der Waals surface area contributed by atoms with E-state index in [2.05, 4.69) is 5.32 Å². The van der Waals surface area contributed by atoms with Crippen LogP contribution in [0.2, 0.25) is 0 Å². The minimum absolute atomic E-state index is 0.0496. The lowest BCUT2D eigenvalue weighted by Crippen LogP contribution is -2.27. The van der Waals surface area contributed by atoms with Gasteiger partial charge in [-0.2, -0.15) is 0 Å². The molecule has 1 saturated heterocycles. The fourth-order valence-corrected chi connectivity index (χ4v) is 2.23. The monoisotopic (exact) mass is 207 g/mol. The summed E-state index contributed by atoms with van der Waals surface area (Å²) in [5.74, 6) is 0.734. The molecule has 82 valence electrons. The van der Waals surface area contributed by atoms with Crippen molar-refractivity contribution in [3.05, 3.63) is 35.6 Å². The first-order chi connectivity index (χ1) is 7.36. The quantitative estimate of drug-likeness (QED) is 0.803. The SMILES string of the molecule is Fc1ccccc1CCC1CCNCC1. The van der Waals surface area contributed by atoms with Gasteiger partial charge < -0.3 is 5.32 Å². The summed E-state index contributed by atoms with van der Waals surface area (Å²) in [6.07, 6.45) is 4.50. The molecule has 1 N–H and O–H groups in total. The first kappa shape index (κ1) is 10.6. The van der Waals surface area contributed by atoms with Crippen LogP contribution in [-0.4, -0.2) is 13.1 Å². The Hall–Kier alpha value is -0.890. The van der Waals surface area contributed by atoms with Crippen molar-refractivity contribution < 1.29 is 4.39 Å². The van der Waals surface area contributed by atoms with Gasteiger partial charge in [-0.25, -0.2) is 4.39 Å². The molecule has 1 aliphatic rings. The highest BCUT2D eigenvalue weighted by molar-refractivity contribution is 5.17. The van der Waals surface area contributed by atoms with E-state index < -0.39 is 0 Å². The Morgan fingerprint density at radius 3 is 2.67 bits per heavy atom. The summed E-state index contributed by atoms with van der Waals surface area (Å²) in [7, 11) is 0. The van der Waals surface area contributed by atoms with Gasteiger partial charge in [-0.1, -0.05) is 18.2 Å². The van der Waals surface area contributed by atoms with E-state index in [9.17, 15) is 4.39 Å². The largest absolute Gasteiger partial charge is 0.317 e. The summed E-state index contributed by atoms with van der Waals surface area (Å²) in [6, 6.07) is 7.12. The lowest BCUT2D eigenvalue weighted by Gasteiger charge is -2.22. The third kappa shape index (κ3) is 3.03. The van der Waals surface area contributed by atoms with Gasteiger partial charge in [-0.05, 0) is 56.3 Å². The molecule has 0 unspecified atom stereocenters. The molecule has 0 bridgehead atoms. The maximum Gasteiger partial charge on any atom is 0.126 e. The van der Waals surface area contributed by atoms with Crippen molar-refractivity contribution in [1.29, 1.82) is 0 Å². The molecule has 2 rings (SSSR count). The predicted octanol–water partition coefficient (Wildman–Crippen LogP) is 2.76. The third-order valence-corrected chi connectivity index (χ3v) is 3.24. The van der Waals surface area contributed by atoms with Crippen LogP contribution < -0.4 is 5.32 Å². The Morgan fingerprint density at radius 1 is 1.20 bits per heavy atom. The predicted molar refractivity (Wildman–Crippen MR) is 60.3 cm³/mol. The van der Waals surface area contributed by atoms with E-state index in [-0.39, 0.29) is 5.82 Å². The number of benzene rings is 1. The Balaban J connectivity index is 1.84. The zero-order chi connectivity index (χ0) is 10.5. The molecule has 1 nitrogen and oxygen atoms in total. The summed E-state index contributed by atoms with van der Waals surface area (Å²) in [4.78, 5) is 0. The van der Waals surface area contributed by atoms with E-state index in [0.717, 1.165) is 37.4 Å². The molecule has 0 amide bonds. The van der Waals surface area contributed by atoms with E-state index in [1.165, 1.54) is 12.8 Å². The maximum absolute atomic E-state index is 13.3. The molecule has 1 heterocycles. The van der Waals surface area contributed by atoms with Crippen LogP contribution in [0.15, 0.2) is 24.3 Å². The Morgan fingerprint density at radius 2 is 1.93 bits per heavy atom. The van der Waals surface area contributed by atoms with Crippen LogP contribution in [0.3, 0.4) is 0 Å². The first-order valence-corrected chi connectivity index (χ1v) is 5.80. The smallest absolute Gasteiger partial charge is 0.126 e. The van der Waals surface area contributed by atoms with Crippen molar-refractivity contribution in [3.8, 4) is 0 Å². The lowest BCUT2D eigenvalue weighted by molar-refractivity contribution is 0.353. The van der Waals surface area contributed by atoms with E-state index in [0.29, 0.717) is 0 Å². The number of piperidine rings is 1. The van der Waals surface area contributed by atoms with Crippen LogP contribution in [0.1, 0.15) is 24.8 Å². The fraction of sp³-hybridized carbons (Fsp3) is 0.538. The Labute approximate surface area is 90.7 Å². The molecule has 1 fully saturated rings. The van der Waals surface area contributed by atoms with Crippen molar-refractivity contribution in [2.45, 2.75) is 25.7 Å². The van der Waals surface area contributed by atoms with E-state index in [1.54, 1.807) is 12.1 Å². The number of hydrogen-bond acceptors (Lipinski definition) is 1. The van der Waals surface area contributed by atoms with Gasteiger partial charge in [-0.15, -0.1) is 0 Å². The molecule has 15 heavy (non-hydrogen) atoms. The number of halogens is 1. The zero-order valence-corrected chi connectivity index (χ0v) is 9.01. The van der Waals surface area contributed by atoms with Crippen molar-refractivity contribution in [2.24, 2.45) is 5.92 Å². The van der Waals surface area contributed by atoms with Gasteiger partial charge in [0, 0.05) is 0 Å². The van der Waals surface area contributed by atoms with Crippen LogP contribution in [0, 0.1) is 11.7 Å². The summed E-state index contributed by atoms with van der Waals surface area (Å²) < 4.78 is 13.3. The minimum Gasteiger partial charge on any atom is -0.317 e. The molecule has 0 aromatic heterocycles. The Bertz CT molecular complexity index is 305. The normalized spacial score (nSPS) is 17.9. The molecule has 0 spiro atoms.